The van der Waals surface area contributed by atoms with Crippen LogP contribution in [0.4, 0.5) is 0 Å². The second kappa shape index (κ2) is 43.4. The molecule has 23 heteroatoms. The second-order valence-corrected chi connectivity index (χ2v) is 2.30. The number of carboxylic acid groups (broad SMARTS) is 8. The number of carboxylic acids is 8. The van der Waals surface area contributed by atoms with Gasteiger partial charge in [0.1, 0.15) is 0 Å². The first-order valence-electron chi connectivity index (χ1n) is 4.27. The molecule has 168 valence electrons. The van der Waals surface area contributed by atoms with Gasteiger partial charge in [0.05, 0.1) is 47.8 Å². The van der Waals surface area contributed by atoms with E-state index in [4.69, 9.17) is 79.2 Å². The molecule has 0 aliphatic rings. The molecule has 0 heterocycles. The van der Waals surface area contributed by atoms with Crippen molar-refractivity contribution in [3.8, 4) is 0 Å². The van der Waals surface area contributed by atoms with Gasteiger partial charge in [0.25, 0.3) is 0 Å². The minimum Gasteiger partial charge on any atom is -0.543 e. The third kappa shape index (κ3) is 92.8. The zero-order valence-electron chi connectivity index (χ0n) is 14.4. The summed E-state index contributed by atoms with van der Waals surface area (Å²) in [7, 11) is 0. The average molecular weight is 740 g/mol. The van der Waals surface area contributed by atoms with Gasteiger partial charge in [-0.25, -0.2) is 0 Å². The SMILES string of the molecule is O.O.O.O.O=C([O-])C(=O)[O-].O=C([O-])C(=O)[O-].O=C([O-])C(=O)[O-].O=C([O-])C(=O)[O-].[Ba+2].[Sr+2].[Zr+4]. The van der Waals surface area contributed by atoms with Crippen LogP contribution in [0, 0.1) is 0 Å². The van der Waals surface area contributed by atoms with E-state index in [0.717, 1.165) is 0 Å². The van der Waals surface area contributed by atoms with Gasteiger partial charge in [-0.15, -0.1) is 0 Å². The Bertz CT molecular complexity index is 403. The van der Waals surface area contributed by atoms with E-state index < -0.39 is 47.8 Å². The summed E-state index contributed by atoms with van der Waals surface area (Å²) < 4.78 is 0. The Morgan fingerprint density at radius 2 is 0.355 bits per heavy atom. The largest absolute Gasteiger partial charge is 4.00 e. The van der Waals surface area contributed by atoms with E-state index in [1.165, 1.54) is 0 Å². The molecule has 0 aromatic heterocycles. The minimum absolute atomic E-state index is 0. The molecule has 0 aliphatic heterocycles. The number of aliphatic carboxylic acids is 8. The fourth-order valence-corrected chi connectivity index (χ4v) is 0. The maximum absolute atomic E-state index is 8.93. The molecule has 8 N–H and O–H groups in total. The molecule has 0 aromatic carbocycles. The van der Waals surface area contributed by atoms with Crippen LogP contribution in [0.2, 0.25) is 0 Å². The minimum atomic E-state index is -2.19. The molecule has 0 fully saturated rings. The third-order valence-electron chi connectivity index (χ3n) is 0.667. The van der Waals surface area contributed by atoms with Gasteiger partial charge in [0.15, 0.2) is 0 Å². The van der Waals surface area contributed by atoms with E-state index in [1.807, 2.05) is 0 Å². The van der Waals surface area contributed by atoms with Gasteiger partial charge in [0, 0.05) is 0 Å². The molecule has 0 spiro atoms. The summed E-state index contributed by atoms with van der Waals surface area (Å²) in [6.45, 7) is 0. The van der Waals surface area contributed by atoms with Crippen molar-refractivity contribution in [2.75, 3.05) is 0 Å². The Labute approximate surface area is 265 Å². The van der Waals surface area contributed by atoms with Crippen molar-refractivity contribution in [1.82, 2.24) is 0 Å². The van der Waals surface area contributed by atoms with E-state index in [2.05, 4.69) is 0 Å². The molecule has 0 aliphatic carbocycles. The van der Waals surface area contributed by atoms with Crippen molar-refractivity contribution in [3.05, 3.63) is 0 Å². The zero-order chi connectivity index (χ0) is 20.6. The van der Waals surface area contributed by atoms with Gasteiger partial charge in [-0.2, -0.15) is 0 Å². The summed E-state index contributed by atoms with van der Waals surface area (Å²) in [6.07, 6.45) is 0. The van der Waals surface area contributed by atoms with Crippen molar-refractivity contribution in [2.24, 2.45) is 0 Å². The Balaban J connectivity index is -0.0000000178. The molecule has 0 unspecified atom stereocenters. The van der Waals surface area contributed by atoms with Gasteiger partial charge in [0.2, 0.25) is 0 Å². The Morgan fingerprint density at radius 1 is 0.323 bits per heavy atom. The van der Waals surface area contributed by atoms with Gasteiger partial charge in [-0.3, -0.25) is 0 Å². The van der Waals surface area contributed by atoms with Crippen LogP contribution >= 0.6 is 0 Å². The molecular weight excluding hydrogens is 732 g/mol. The zero-order valence-corrected chi connectivity index (χ0v) is 24.8. The smallest absolute Gasteiger partial charge is 0.543 e. The number of rotatable bonds is 0. The number of carbonyl (C=O) groups is 8. The van der Waals surface area contributed by atoms with E-state index >= 15 is 0 Å². The molecule has 0 rings (SSSR count). The molecule has 0 saturated carbocycles. The first kappa shape index (κ1) is 69.8. The van der Waals surface area contributed by atoms with Crippen molar-refractivity contribution < 1.29 is 127 Å². The molecule has 0 atom stereocenters. The molecule has 20 nitrogen and oxygen atoms in total. The van der Waals surface area contributed by atoms with Crippen molar-refractivity contribution in [2.45, 2.75) is 0 Å². The molecule has 0 bridgehead atoms. The molecule has 0 radical (unpaired) electrons. The van der Waals surface area contributed by atoms with E-state index in [0.29, 0.717) is 0 Å². The normalized spacial score (nSPS) is 5.68. The number of hydrogen-bond donors (Lipinski definition) is 0. The fraction of sp³-hybridized carbons (Fsp3) is 0. The summed E-state index contributed by atoms with van der Waals surface area (Å²) in [4.78, 5) is 71.4. The third-order valence-corrected chi connectivity index (χ3v) is 0.667. The fourth-order valence-electron chi connectivity index (χ4n) is 0. The maximum Gasteiger partial charge on any atom is 4.00 e. The average Bonchev–Trinajstić information content (AvgIpc) is 2.40. The van der Waals surface area contributed by atoms with Crippen molar-refractivity contribution >= 4 is 142 Å². The predicted octanol–water partition coefficient (Wildman–Crippen LogP) is -18.1. The summed E-state index contributed by atoms with van der Waals surface area (Å²) in [5, 5.41) is 71.4. The Kier molecular flexibility index (Phi) is 97.8. The van der Waals surface area contributed by atoms with E-state index in [1.54, 1.807) is 0 Å². The predicted molar refractivity (Wildman–Crippen MR) is 66.0 cm³/mol. The van der Waals surface area contributed by atoms with Crippen LogP contribution in [-0.4, -0.2) is 164 Å². The summed E-state index contributed by atoms with van der Waals surface area (Å²) >= 11 is 0. The first-order valence-corrected chi connectivity index (χ1v) is 4.27. The van der Waals surface area contributed by atoms with Crippen molar-refractivity contribution in [3.63, 3.8) is 0 Å². The van der Waals surface area contributed by atoms with Gasteiger partial charge in [-0.1, -0.05) is 0 Å². The number of hydrogen-bond acceptors (Lipinski definition) is 16. The van der Waals surface area contributed by atoms with Gasteiger partial charge in [-0.05, 0) is 0 Å². The van der Waals surface area contributed by atoms with Crippen LogP contribution in [0.3, 0.4) is 0 Å². The Hall–Kier alpha value is -0.465. The van der Waals surface area contributed by atoms with Crippen LogP contribution in [-0.2, 0) is 64.6 Å². The Morgan fingerprint density at radius 3 is 0.355 bits per heavy atom. The van der Waals surface area contributed by atoms with Crippen LogP contribution < -0.4 is 40.9 Å². The van der Waals surface area contributed by atoms with Crippen molar-refractivity contribution in [1.29, 1.82) is 0 Å². The van der Waals surface area contributed by atoms with E-state index in [9.17, 15) is 0 Å². The molecule has 0 aromatic rings. The summed E-state index contributed by atoms with van der Waals surface area (Å²) in [5.41, 5.74) is 0. The van der Waals surface area contributed by atoms with Crippen LogP contribution in [0.5, 0.6) is 0 Å². The van der Waals surface area contributed by atoms with E-state index in [-0.39, 0.29) is 142 Å². The summed E-state index contributed by atoms with van der Waals surface area (Å²) in [5.74, 6) is -17.5. The van der Waals surface area contributed by atoms with Crippen LogP contribution in [0.1, 0.15) is 0 Å². The first-order chi connectivity index (χ1) is 10.6. The summed E-state index contributed by atoms with van der Waals surface area (Å²) in [6, 6.07) is 0. The van der Waals surface area contributed by atoms with Gasteiger partial charge < -0.3 is 101 Å². The van der Waals surface area contributed by atoms with Gasteiger partial charge >= 0.3 is 121 Å². The topological polar surface area (TPSA) is 447 Å². The number of carbonyl (C=O) groups excluding carboxylic acids is 8. The standard InChI is InChI=1S/4C2H2O4.Ba.4H2O.Sr.Zr/c4*3-1(4)2(5)6;;;;;;;/h4*(H,3,4)(H,5,6);;4*1H2;;/q;;;;+2;;;;;+2;+4/p-8. The molecular formula is C8H8BaO20SrZr. The monoisotopic (exact) mass is 740 g/mol. The molecule has 0 saturated heterocycles. The molecule has 0 amide bonds. The quantitative estimate of drug-likeness (QED) is 0.164. The van der Waals surface area contributed by atoms with Crippen LogP contribution in [0.15, 0.2) is 0 Å². The molecule has 31 heavy (non-hydrogen) atoms. The second-order valence-electron chi connectivity index (χ2n) is 2.30. The maximum atomic E-state index is 8.93. The van der Waals surface area contributed by atoms with Crippen LogP contribution in [0.25, 0.3) is 0 Å².